The summed E-state index contributed by atoms with van der Waals surface area (Å²) in [6.45, 7) is 4.42. The van der Waals surface area contributed by atoms with Gasteiger partial charge >= 0.3 is 0 Å². The molecule has 1 unspecified atom stereocenters. The van der Waals surface area contributed by atoms with E-state index in [1.807, 2.05) is 13.8 Å². The molecular weight excluding hydrogens is 290 g/mol. The molecule has 0 aliphatic carbocycles. The minimum absolute atomic E-state index is 0.0120. The monoisotopic (exact) mass is 311 g/mol. The number of hydrogen-bond donors (Lipinski definition) is 2. The molecule has 0 spiro atoms. The maximum Gasteiger partial charge on any atom is 0.240 e. The van der Waals surface area contributed by atoms with Crippen molar-refractivity contribution in [2.45, 2.75) is 31.3 Å². The molecule has 1 rings (SSSR count). The molecule has 1 atom stereocenters. The van der Waals surface area contributed by atoms with Gasteiger partial charge in [-0.3, -0.25) is 0 Å². The molecule has 0 aliphatic rings. The number of aliphatic hydroxyl groups is 1. The predicted octanol–water partition coefficient (Wildman–Crippen LogP) is 1.12. The van der Waals surface area contributed by atoms with Crippen LogP contribution in [0.1, 0.15) is 25.8 Å². The highest BCUT2D eigenvalue weighted by Crippen LogP contribution is 2.11. The van der Waals surface area contributed by atoms with Gasteiger partial charge in [0, 0.05) is 25.1 Å². The highest BCUT2D eigenvalue weighted by atomic mass is 32.2. The second-order valence-corrected chi connectivity index (χ2v) is 6.19. The van der Waals surface area contributed by atoms with Crippen molar-refractivity contribution in [2.24, 2.45) is 0 Å². The molecule has 0 radical (unpaired) electrons. The summed E-state index contributed by atoms with van der Waals surface area (Å²) < 4.78 is 32.1. The van der Waals surface area contributed by atoms with Gasteiger partial charge in [0.05, 0.1) is 17.6 Å². The number of hydrogen-bond acceptors (Lipinski definition) is 4. The molecule has 0 saturated heterocycles. The molecule has 116 valence electrons. The number of nitrogens with one attached hydrogen (secondary N) is 1. The van der Waals surface area contributed by atoms with Crippen LogP contribution in [0.15, 0.2) is 29.2 Å². The van der Waals surface area contributed by atoms with Crippen molar-refractivity contribution >= 4 is 10.0 Å². The fourth-order valence-electron chi connectivity index (χ4n) is 1.62. The van der Waals surface area contributed by atoms with Gasteiger partial charge in [0.1, 0.15) is 0 Å². The average Bonchev–Trinajstić information content (AvgIpc) is 2.46. The van der Waals surface area contributed by atoms with Crippen LogP contribution in [0.2, 0.25) is 0 Å². The first-order valence-electron chi connectivity index (χ1n) is 6.80. The van der Waals surface area contributed by atoms with Gasteiger partial charge in [-0.1, -0.05) is 17.9 Å². The van der Waals surface area contributed by atoms with Gasteiger partial charge in [0.2, 0.25) is 10.0 Å². The Morgan fingerprint density at radius 3 is 2.86 bits per heavy atom. The molecule has 0 bridgehead atoms. The second-order valence-electron chi connectivity index (χ2n) is 4.42. The number of aliphatic hydroxyl groups excluding tert-OH is 1. The van der Waals surface area contributed by atoms with Gasteiger partial charge in [-0.15, -0.1) is 0 Å². The van der Waals surface area contributed by atoms with E-state index in [2.05, 4.69) is 16.6 Å². The number of ether oxygens (including phenoxy) is 1. The van der Waals surface area contributed by atoms with E-state index in [0.29, 0.717) is 18.6 Å². The molecule has 0 aromatic heterocycles. The second kappa shape index (κ2) is 8.80. The Morgan fingerprint density at radius 1 is 1.43 bits per heavy atom. The van der Waals surface area contributed by atoms with Crippen LogP contribution in [0.25, 0.3) is 0 Å². The molecular formula is C15H21NO4S. The first kappa shape index (κ1) is 17.7. The fourth-order valence-corrected chi connectivity index (χ4v) is 2.78. The molecule has 6 heteroatoms. The van der Waals surface area contributed by atoms with Gasteiger partial charge in [-0.2, -0.15) is 0 Å². The Labute approximate surface area is 126 Å². The predicted molar refractivity (Wildman–Crippen MR) is 81.3 cm³/mol. The van der Waals surface area contributed by atoms with Crippen molar-refractivity contribution < 1.29 is 18.3 Å². The highest BCUT2D eigenvalue weighted by Gasteiger charge is 2.15. The van der Waals surface area contributed by atoms with Crippen LogP contribution in [0.5, 0.6) is 0 Å². The van der Waals surface area contributed by atoms with E-state index in [1.165, 1.54) is 12.1 Å². The summed E-state index contributed by atoms with van der Waals surface area (Å²) in [4.78, 5) is 0.169. The van der Waals surface area contributed by atoms with Crippen molar-refractivity contribution in [1.29, 1.82) is 0 Å². The van der Waals surface area contributed by atoms with Crippen molar-refractivity contribution in [3.05, 3.63) is 29.8 Å². The van der Waals surface area contributed by atoms with E-state index in [-0.39, 0.29) is 24.2 Å². The van der Waals surface area contributed by atoms with Crippen LogP contribution in [0.4, 0.5) is 0 Å². The normalized spacial score (nSPS) is 12.5. The minimum Gasteiger partial charge on any atom is -0.395 e. The van der Waals surface area contributed by atoms with E-state index in [0.717, 1.165) is 0 Å². The van der Waals surface area contributed by atoms with Crippen molar-refractivity contribution in [1.82, 2.24) is 4.72 Å². The van der Waals surface area contributed by atoms with E-state index in [4.69, 9.17) is 9.84 Å². The maximum absolute atomic E-state index is 12.2. The van der Waals surface area contributed by atoms with Crippen LogP contribution in [0, 0.1) is 11.8 Å². The molecule has 0 amide bonds. The molecule has 0 aliphatic heterocycles. The summed E-state index contributed by atoms with van der Waals surface area (Å²) in [6, 6.07) is 6.40. The van der Waals surface area contributed by atoms with E-state index < -0.39 is 10.0 Å². The summed E-state index contributed by atoms with van der Waals surface area (Å²) in [5.41, 5.74) is 0.601. The number of benzene rings is 1. The molecule has 1 aromatic carbocycles. The number of rotatable bonds is 7. The zero-order chi connectivity index (χ0) is 15.7. The third-order valence-corrected chi connectivity index (χ3v) is 4.05. The van der Waals surface area contributed by atoms with Gasteiger partial charge < -0.3 is 9.84 Å². The molecule has 1 aromatic rings. The Morgan fingerprint density at radius 2 is 2.19 bits per heavy atom. The topological polar surface area (TPSA) is 75.6 Å². The van der Waals surface area contributed by atoms with Crippen LogP contribution in [0.3, 0.4) is 0 Å². The third-order valence-electron chi connectivity index (χ3n) is 2.63. The molecule has 2 N–H and O–H groups in total. The van der Waals surface area contributed by atoms with E-state index >= 15 is 0 Å². The molecule has 0 fully saturated rings. The molecule has 0 saturated carbocycles. The SMILES string of the molecule is CCOC(C)CNS(=O)(=O)c1cccc(C#CCCO)c1. The van der Waals surface area contributed by atoms with Crippen LogP contribution < -0.4 is 4.72 Å². The largest absolute Gasteiger partial charge is 0.395 e. The Hall–Kier alpha value is -1.39. The van der Waals surface area contributed by atoms with E-state index in [9.17, 15) is 8.42 Å². The van der Waals surface area contributed by atoms with Crippen LogP contribution in [-0.2, 0) is 14.8 Å². The summed E-state index contributed by atoms with van der Waals surface area (Å²) in [5, 5.41) is 8.67. The standard InChI is InChI=1S/C15H21NO4S/c1-3-20-13(2)12-16-21(18,19)15-9-6-8-14(11-15)7-4-5-10-17/h6,8-9,11,13,16-17H,3,5,10,12H2,1-2H3. The van der Waals surface area contributed by atoms with Crippen molar-refractivity contribution in [3.8, 4) is 11.8 Å². The summed E-state index contributed by atoms with van der Waals surface area (Å²) in [5.74, 6) is 5.58. The molecule has 5 nitrogen and oxygen atoms in total. The van der Waals surface area contributed by atoms with Crippen LogP contribution >= 0.6 is 0 Å². The lowest BCUT2D eigenvalue weighted by Gasteiger charge is -2.13. The lowest BCUT2D eigenvalue weighted by molar-refractivity contribution is 0.0799. The first-order chi connectivity index (χ1) is 9.99. The average molecular weight is 311 g/mol. The third kappa shape index (κ3) is 6.27. The molecule has 21 heavy (non-hydrogen) atoms. The van der Waals surface area contributed by atoms with Gasteiger partial charge in [0.15, 0.2) is 0 Å². The van der Waals surface area contributed by atoms with Gasteiger partial charge in [-0.05, 0) is 32.0 Å². The van der Waals surface area contributed by atoms with Crippen molar-refractivity contribution in [2.75, 3.05) is 19.8 Å². The summed E-state index contributed by atoms with van der Waals surface area (Å²) in [6.07, 6.45) is 0.179. The zero-order valence-corrected chi connectivity index (χ0v) is 13.1. The van der Waals surface area contributed by atoms with E-state index in [1.54, 1.807) is 12.1 Å². The molecule has 0 heterocycles. The van der Waals surface area contributed by atoms with Crippen LogP contribution in [-0.4, -0.2) is 39.4 Å². The minimum atomic E-state index is -3.57. The smallest absolute Gasteiger partial charge is 0.240 e. The highest BCUT2D eigenvalue weighted by molar-refractivity contribution is 7.89. The quantitative estimate of drug-likeness (QED) is 0.740. The van der Waals surface area contributed by atoms with Crippen molar-refractivity contribution in [3.63, 3.8) is 0 Å². The summed E-state index contributed by atoms with van der Waals surface area (Å²) >= 11 is 0. The van der Waals surface area contributed by atoms with Gasteiger partial charge in [0.25, 0.3) is 0 Å². The Balaban J connectivity index is 2.79. The van der Waals surface area contributed by atoms with Gasteiger partial charge in [-0.25, -0.2) is 13.1 Å². The first-order valence-corrected chi connectivity index (χ1v) is 8.29. The Bertz CT molecular complexity index is 602. The maximum atomic E-state index is 12.2. The summed E-state index contributed by atoms with van der Waals surface area (Å²) in [7, 11) is -3.57. The number of sulfonamides is 1. The zero-order valence-electron chi connectivity index (χ0n) is 12.3. The Kier molecular flexibility index (Phi) is 7.40. The lowest BCUT2D eigenvalue weighted by atomic mass is 10.2. The fraction of sp³-hybridized carbons (Fsp3) is 0.467. The lowest BCUT2D eigenvalue weighted by Crippen LogP contribution is -2.32.